The highest BCUT2D eigenvalue weighted by molar-refractivity contribution is 5.99. The van der Waals surface area contributed by atoms with Gasteiger partial charge in [0.2, 0.25) is 5.91 Å². The molecule has 11 nitrogen and oxygen atoms in total. The molecule has 2 aliphatic rings. The SMILES string of the molecule is COc1c(Nc2cc(NC(=O)C3CC3)nnc2C(N)=O)cccc1-c1cnn([C@@H]2CCC[C@@H]2OC(F)F)c1. The van der Waals surface area contributed by atoms with Crippen molar-refractivity contribution in [3.63, 3.8) is 0 Å². The third kappa shape index (κ3) is 5.42. The van der Waals surface area contributed by atoms with E-state index < -0.39 is 18.6 Å². The van der Waals surface area contributed by atoms with Gasteiger partial charge < -0.3 is 25.8 Å². The van der Waals surface area contributed by atoms with Gasteiger partial charge in [0.25, 0.3) is 5.91 Å². The predicted octanol–water partition coefficient (Wildman–Crippen LogP) is 3.87. The van der Waals surface area contributed by atoms with Crippen LogP contribution < -0.4 is 21.1 Å². The van der Waals surface area contributed by atoms with Crippen molar-refractivity contribution in [3.8, 4) is 16.9 Å². The summed E-state index contributed by atoms with van der Waals surface area (Å²) in [4.78, 5) is 24.2. The molecular weight excluding hydrogens is 500 g/mol. The first-order valence-electron chi connectivity index (χ1n) is 12.2. The number of nitrogens with zero attached hydrogens (tertiary/aromatic N) is 4. The van der Waals surface area contributed by atoms with Gasteiger partial charge in [-0.2, -0.15) is 13.9 Å². The zero-order valence-corrected chi connectivity index (χ0v) is 20.6. The Balaban J connectivity index is 1.43. The Hall–Kier alpha value is -4.13. The smallest absolute Gasteiger partial charge is 0.345 e. The molecule has 2 saturated carbocycles. The highest BCUT2D eigenvalue weighted by Crippen LogP contribution is 2.40. The van der Waals surface area contributed by atoms with Gasteiger partial charge in [-0.15, -0.1) is 10.2 Å². The molecule has 2 atom stereocenters. The third-order valence-electron chi connectivity index (χ3n) is 6.66. The number of anilines is 3. The molecule has 0 unspecified atom stereocenters. The van der Waals surface area contributed by atoms with Crippen LogP contribution in [0.3, 0.4) is 0 Å². The summed E-state index contributed by atoms with van der Waals surface area (Å²) in [5.41, 5.74) is 7.51. The molecule has 2 aliphatic carbocycles. The van der Waals surface area contributed by atoms with Crippen LogP contribution >= 0.6 is 0 Å². The quantitative estimate of drug-likeness (QED) is 0.360. The maximum Gasteiger partial charge on any atom is 0.345 e. The number of methoxy groups -OCH3 is 1. The Morgan fingerprint density at radius 2 is 1.97 bits per heavy atom. The second-order valence-corrected chi connectivity index (χ2v) is 9.27. The van der Waals surface area contributed by atoms with Crippen LogP contribution in [0, 0.1) is 5.92 Å². The third-order valence-corrected chi connectivity index (χ3v) is 6.66. The molecule has 2 aromatic heterocycles. The number of hydrogen-bond donors (Lipinski definition) is 3. The van der Waals surface area contributed by atoms with Crippen molar-refractivity contribution in [2.75, 3.05) is 17.7 Å². The molecule has 4 N–H and O–H groups in total. The van der Waals surface area contributed by atoms with E-state index in [-0.39, 0.29) is 35.1 Å². The number of carbonyl (C=O) groups is 2. The average Bonchev–Trinajstić information content (AvgIpc) is 3.46. The fourth-order valence-corrected chi connectivity index (χ4v) is 4.69. The maximum atomic E-state index is 12.8. The van der Waals surface area contributed by atoms with E-state index in [9.17, 15) is 18.4 Å². The van der Waals surface area contributed by atoms with Gasteiger partial charge in [0.1, 0.15) is 5.75 Å². The van der Waals surface area contributed by atoms with Crippen molar-refractivity contribution >= 4 is 29.0 Å². The predicted molar refractivity (Wildman–Crippen MR) is 133 cm³/mol. The zero-order valence-electron chi connectivity index (χ0n) is 20.6. The molecule has 3 aromatic rings. The average molecular weight is 528 g/mol. The monoisotopic (exact) mass is 527 g/mol. The van der Waals surface area contributed by atoms with Crippen molar-refractivity contribution in [1.29, 1.82) is 0 Å². The minimum atomic E-state index is -2.84. The molecule has 5 rings (SSSR count). The lowest BCUT2D eigenvalue weighted by Gasteiger charge is -2.20. The Kier molecular flexibility index (Phi) is 7.18. The molecule has 13 heteroatoms. The molecule has 0 aliphatic heterocycles. The minimum Gasteiger partial charge on any atom is -0.494 e. The van der Waals surface area contributed by atoms with Gasteiger partial charge in [0, 0.05) is 29.3 Å². The summed E-state index contributed by atoms with van der Waals surface area (Å²) >= 11 is 0. The van der Waals surface area contributed by atoms with E-state index >= 15 is 0 Å². The number of aromatic nitrogens is 4. The number of benzene rings is 1. The van der Waals surface area contributed by atoms with Crippen LogP contribution in [-0.2, 0) is 9.53 Å². The number of carbonyl (C=O) groups excluding carboxylic acids is 2. The number of halogens is 2. The Bertz CT molecular complexity index is 1340. The van der Waals surface area contributed by atoms with E-state index in [1.165, 1.54) is 13.2 Å². The van der Waals surface area contributed by atoms with Gasteiger partial charge in [-0.1, -0.05) is 12.1 Å². The van der Waals surface area contributed by atoms with Crippen molar-refractivity contribution in [1.82, 2.24) is 20.0 Å². The molecule has 38 heavy (non-hydrogen) atoms. The van der Waals surface area contributed by atoms with Crippen LogP contribution in [0.4, 0.5) is 26.0 Å². The molecule has 0 saturated heterocycles. The largest absolute Gasteiger partial charge is 0.494 e. The number of primary amides is 1. The first-order chi connectivity index (χ1) is 18.3. The van der Waals surface area contributed by atoms with Crippen molar-refractivity contribution in [3.05, 3.63) is 42.4 Å². The maximum absolute atomic E-state index is 12.8. The first-order valence-corrected chi connectivity index (χ1v) is 12.2. The number of hydrogen-bond acceptors (Lipinski definition) is 8. The van der Waals surface area contributed by atoms with Crippen LogP contribution in [0.1, 0.15) is 48.6 Å². The van der Waals surface area contributed by atoms with Crippen molar-refractivity contribution < 1.29 is 27.8 Å². The Morgan fingerprint density at radius 1 is 1.16 bits per heavy atom. The summed E-state index contributed by atoms with van der Waals surface area (Å²) in [6, 6.07) is 6.54. The second-order valence-electron chi connectivity index (χ2n) is 9.27. The van der Waals surface area contributed by atoms with Gasteiger partial charge in [-0.25, -0.2) is 0 Å². The number of ether oxygens (including phenoxy) is 2. The van der Waals surface area contributed by atoms with Crippen LogP contribution in [-0.4, -0.2) is 51.6 Å². The van der Waals surface area contributed by atoms with Gasteiger partial charge in [0.05, 0.1) is 36.8 Å². The molecule has 2 fully saturated rings. The van der Waals surface area contributed by atoms with Gasteiger partial charge in [-0.05, 0) is 38.2 Å². The van der Waals surface area contributed by atoms with E-state index in [2.05, 4.69) is 25.9 Å². The van der Waals surface area contributed by atoms with E-state index in [0.29, 0.717) is 35.4 Å². The summed E-state index contributed by atoms with van der Waals surface area (Å²) in [7, 11) is 1.50. The summed E-state index contributed by atoms with van der Waals surface area (Å²) in [5.74, 6) is -0.369. The van der Waals surface area contributed by atoms with Crippen LogP contribution in [0.5, 0.6) is 5.75 Å². The van der Waals surface area contributed by atoms with E-state index in [0.717, 1.165) is 19.3 Å². The van der Waals surface area contributed by atoms with Crippen LogP contribution in [0.2, 0.25) is 0 Å². The number of amides is 2. The fraction of sp³-hybridized carbons (Fsp3) is 0.400. The van der Waals surface area contributed by atoms with E-state index in [1.807, 2.05) is 6.07 Å². The summed E-state index contributed by atoms with van der Waals surface area (Å²) in [6.07, 6.45) is 6.43. The molecule has 2 heterocycles. The normalized spacial score (nSPS) is 18.9. The molecule has 200 valence electrons. The molecule has 0 bridgehead atoms. The lowest BCUT2D eigenvalue weighted by atomic mass is 10.1. The minimum absolute atomic E-state index is 0.0387. The van der Waals surface area contributed by atoms with Crippen molar-refractivity contribution in [2.45, 2.75) is 50.9 Å². The summed E-state index contributed by atoms with van der Waals surface area (Å²) < 4.78 is 37.8. The van der Waals surface area contributed by atoms with Gasteiger partial charge in [-0.3, -0.25) is 14.3 Å². The number of para-hydroxylation sites is 1. The highest BCUT2D eigenvalue weighted by Gasteiger charge is 2.33. The van der Waals surface area contributed by atoms with E-state index in [4.69, 9.17) is 15.2 Å². The number of nitrogens with two attached hydrogens (primary N) is 1. The number of alkyl halides is 2. The number of rotatable bonds is 10. The molecule has 0 radical (unpaired) electrons. The lowest BCUT2D eigenvalue weighted by Crippen LogP contribution is -2.24. The molecule has 0 spiro atoms. The Morgan fingerprint density at radius 3 is 2.68 bits per heavy atom. The molecular formula is C25H27F2N7O4. The summed E-state index contributed by atoms with van der Waals surface area (Å²) in [6.45, 7) is -2.84. The lowest BCUT2D eigenvalue weighted by molar-refractivity contribution is -0.169. The topological polar surface area (TPSA) is 146 Å². The van der Waals surface area contributed by atoms with E-state index in [1.54, 1.807) is 29.2 Å². The standard InChI is InChI=1S/C25H27F2N7O4/c1-37-22-15(14-11-29-34(12-14)18-6-3-7-19(18)38-25(26)27)4-2-5-16(22)30-17-10-20(31-24(36)13-8-9-13)32-33-21(17)23(28)35/h2,4-5,10-13,18-19,25H,3,6-9H2,1H3,(H2,28,35)(H2,30,31,32,36)/t18-,19+/m1/s1. The van der Waals surface area contributed by atoms with Gasteiger partial charge >= 0.3 is 6.61 Å². The van der Waals surface area contributed by atoms with Crippen LogP contribution in [0.25, 0.3) is 11.1 Å². The van der Waals surface area contributed by atoms with Gasteiger partial charge in [0.15, 0.2) is 11.5 Å². The molecule has 1 aromatic carbocycles. The Labute approximate surface area is 216 Å². The van der Waals surface area contributed by atoms with Crippen LogP contribution in [0.15, 0.2) is 36.7 Å². The number of nitrogens with one attached hydrogen (secondary N) is 2. The highest BCUT2D eigenvalue weighted by atomic mass is 19.3. The van der Waals surface area contributed by atoms with Crippen molar-refractivity contribution in [2.24, 2.45) is 11.7 Å². The summed E-state index contributed by atoms with van der Waals surface area (Å²) in [5, 5.41) is 18.0. The molecule has 2 amide bonds. The fourth-order valence-electron chi connectivity index (χ4n) is 4.69. The zero-order chi connectivity index (χ0) is 26.8. The first kappa shape index (κ1) is 25.5. The second kappa shape index (κ2) is 10.7.